The SMILES string of the molecule is O=C(O)CCNC(=O)N1CCC(COc2ccccc2)C1. The average Bonchev–Trinajstić information content (AvgIpc) is 2.95. The number of hydrogen-bond donors (Lipinski definition) is 2. The van der Waals surface area contributed by atoms with E-state index >= 15 is 0 Å². The lowest BCUT2D eigenvalue weighted by molar-refractivity contribution is -0.136. The number of nitrogens with one attached hydrogen (secondary N) is 1. The van der Waals surface area contributed by atoms with Crippen LogP contribution in [-0.2, 0) is 4.79 Å². The maximum Gasteiger partial charge on any atom is 0.317 e. The summed E-state index contributed by atoms with van der Waals surface area (Å²) in [5, 5.41) is 11.1. The predicted octanol–water partition coefficient (Wildman–Crippen LogP) is 1.57. The van der Waals surface area contributed by atoms with E-state index in [1.54, 1.807) is 4.90 Å². The number of aliphatic carboxylic acids is 1. The highest BCUT2D eigenvalue weighted by Gasteiger charge is 2.26. The van der Waals surface area contributed by atoms with Crippen molar-refractivity contribution in [2.24, 2.45) is 5.92 Å². The van der Waals surface area contributed by atoms with Crippen molar-refractivity contribution in [3.05, 3.63) is 30.3 Å². The molecule has 1 aromatic carbocycles. The summed E-state index contributed by atoms with van der Waals surface area (Å²) in [5.74, 6) is 0.239. The topological polar surface area (TPSA) is 78.9 Å². The molecule has 2 N–H and O–H groups in total. The van der Waals surface area contributed by atoms with Gasteiger partial charge in [0.2, 0.25) is 0 Å². The van der Waals surface area contributed by atoms with Gasteiger partial charge in [-0.2, -0.15) is 0 Å². The fourth-order valence-electron chi connectivity index (χ4n) is 2.27. The Morgan fingerprint density at radius 3 is 2.81 bits per heavy atom. The number of carbonyl (C=O) groups is 2. The number of likely N-dealkylation sites (tertiary alicyclic amines) is 1. The van der Waals surface area contributed by atoms with E-state index in [-0.39, 0.29) is 19.0 Å². The number of ether oxygens (including phenoxy) is 1. The monoisotopic (exact) mass is 292 g/mol. The van der Waals surface area contributed by atoms with Crippen molar-refractivity contribution in [1.29, 1.82) is 0 Å². The van der Waals surface area contributed by atoms with Crippen molar-refractivity contribution in [2.75, 3.05) is 26.2 Å². The molecule has 0 saturated carbocycles. The molecule has 1 saturated heterocycles. The molecule has 1 aromatic rings. The van der Waals surface area contributed by atoms with Crippen LogP contribution >= 0.6 is 0 Å². The normalized spacial score (nSPS) is 17.5. The van der Waals surface area contributed by atoms with E-state index in [9.17, 15) is 9.59 Å². The molecule has 2 rings (SSSR count). The third kappa shape index (κ3) is 4.98. The quantitative estimate of drug-likeness (QED) is 0.834. The summed E-state index contributed by atoms with van der Waals surface area (Å²) >= 11 is 0. The summed E-state index contributed by atoms with van der Waals surface area (Å²) in [6, 6.07) is 9.40. The number of carboxylic acid groups (broad SMARTS) is 1. The molecule has 0 aliphatic carbocycles. The van der Waals surface area contributed by atoms with Crippen molar-refractivity contribution in [3.8, 4) is 5.75 Å². The van der Waals surface area contributed by atoms with Gasteiger partial charge in [0.25, 0.3) is 0 Å². The highest BCUT2D eigenvalue weighted by molar-refractivity contribution is 5.75. The molecule has 1 unspecified atom stereocenters. The molecular formula is C15H20N2O4. The fourth-order valence-corrected chi connectivity index (χ4v) is 2.27. The Balaban J connectivity index is 1.68. The molecule has 114 valence electrons. The third-order valence-electron chi connectivity index (χ3n) is 3.42. The molecule has 1 aliphatic rings. The first-order chi connectivity index (χ1) is 10.1. The highest BCUT2D eigenvalue weighted by Crippen LogP contribution is 2.18. The van der Waals surface area contributed by atoms with Gasteiger partial charge < -0.3 is 20.1 Å². The lowest BCUT2D eigenvalue weighted by Crippen LogP contribution is -2.39. The van der Waals surface area contributed by atoms with Crippen LogP contribution in [0.1, 0.15) is 12.8 Å². The Morgan fingerprint density at radius 1 is 1.33 bits per heavy atom. The molecule has 0 aromatic heterocycles. The lowest BCUT2D eigenvalue weighted by atomic mass is 10.1. The Morgan fingerprint density at radius 2 is 2.10 bits per heavy atom. The molecule has 0 spiro atoms. The molecule has 1 aliphatic heterocycles. The van der Waals surface area contributed by atoms with Gasteiger partial charge in [0.05, 0.1) is 13.0 Å². The number of benzene rings is 1. The largest absolute Gasteiger partial charge is 0.493 e. The van der Waals surface area contributed by atoms with Crippen LogP contribution in [0.3, 0.4) is 0 Å². The number of urea groups is 1. The molecule has 1 heterocycles. The summed E-state index contributed by atoms with van der Waals surface area (Å²) in [5.41, 5.74) is 0. The first kappa shape index (κ1) is 15.2. The van der Waals surface area contributed by atoms with Crippen molar-refractivity contribution in [1.82, 2.24) is 10.2 Å². The average molecular weight is 292 g/mol. The molecule has 6 heteroatoms. The number of rotatable bonds is 6. The minimum Gasteiger partial charge on any atom is -0.493 e. The maximum absolute atomic E-state index is 11.8. The van der Waals surface area contributed by atoms with Crippen LogP contribution in [0.4, 0.5) is 4.79 Å². The second-order valence-corrected chi connectivity index (χ2v) is 5.10. The zero-order valence-electron chi connectivity index (χ0n) is 11.8. The van der Waals surface area contributed by atoms with Gasteiger partial charge in [-0.3, -0.25) is 4.79 Å². The van der Waals surface area contributed by atoms with E-state index in [4.69, 9.17) is 9.84 Å². The van der Waals surface area contributed by atoms with Crippen LogP contribution in [0.2, 0.25) is 0 Å². The predicted molar refractivity (Wildman–Crippen MR) is 77.3 cm³/mol. The van der Waals surface area contributed by atoms with Gasteiger partial charge in [-0.05, 0) is 18.6 Å². The number of carboxylic acids is 1. The van der Waals surface area contributed by atoms with Crippen LogP contribution in [0.5, 0.6) is 5.75 Å². The maximum atomic E-state index is 11.8. The van der Waals surface area contributed by atoms with Gasteiger partial charge >= 0.3 is 12.0 Å². The molecule has 0 radical (unpaired) electrons. The number of para-hydroxylation sites is 1. The standard InChI is InChI=1S/C15H20N2O4/c18-14(19)6-8-16-15(20)17-9-7-12(10-17)11-21-13-4-2-1-3-5-13/h1-5,12H,6-11H2,(H,16,20)(H,18,19). The lowest BCUT2D eigenvalue weighted by Gasteiger charge is -2.17. The van der Waals surface area contributed by atoms with Gasteiger partial charge in [-0.15, -0.1) is 0 Å². The van der Waals surface area contributed by atoms with Crippen molar-refractivity contribution in [2.45, 2.75) is 12.8 Å². The molecule has 1 atom stereocenters. The number of carbonyl (C=O) groups excluding carboxylic acids is 1. The molecule has 1 fully saturated rings. The van der Waals surface area contributed by atoms with Crippen LogP contribution in [0, 0.1) is 5.92 Å². The van der Waals surface area contributed by atoms with Crippen molar-refractivity contribution < 1.29 is 19.4 Å². The van der Waals surface area contributed by atoms with Gasteiger partial charge in [0, 0.05) is 25.6 Å². The van der Waals surface area contributed by atoms with E-state index in [0.29, 0.717) is 25.6 Å². The number of hydrogen-bond acceptors (Lipinski definition) is 3. The Kier molecular flexibility index (Phi) is 5.43. The number of amides is 2. The van der Waals surface area contributed by atoms with Crippen LogP contribution in [0.15, 0.2) is 30.3 Å². The van der Waals surface area contributed by atoms with Crippen LogP contribution in [-0.4, -0.2) is 48.2 Å². The highest BCUT2D eigenvalue weighted by atomic mass is 16.5. The smallest absolute Gasteiger partial charge is 0.317 e. The van der Waals surface area contributed by atoms with E-state index in [2.05, 4.69) is 5.32 Å². The summed E-state index contributed by atoms with van der Waals surface area (Å²) < 4.78 is 5.69. The summed E-state index contributed by atoms with van der Waals surface area (Å²) in [6.07, 6.45) is 0.847. The first-order valence-electron chi connectivity index (χ1n) is 7.07. The zero-order chi connectivity index (χ0) is 15.1. The van der Waals surface area contributed by atoms with Gasteiger partial charge in [-0.1, -0.05) is 18.2 Å². The number of nitrogens with zero attached hydrogens (tertiary/aromatic N) is 1. The Hall–Kier alpha value is -2.24. The Bertz CT molecular complexity index is 478. The minimum atomic E-state index is -0.911. The summed E-state index contributed by atoms with van der Waals surface area (Å²) in [4.78, 5) is 23.9. The first-order valence-corrected chi connectivity index (χ1v) is 7.07. The van der Waals surface area contributed by atoms with E-state index < -0.39 is 5.97 Å². The molecule has 2 amide bonds. The summed E-state index contributed by atoms with van der Waals surface area (Å²) in [6.45, 7) is 2.08. The van der Waals surface area contributed by atoms with E-state index in [0.717, 1.165) is 12.2 Å². The van der Waals surface area contributed by atoms with Crippen molar-refractivity contribution in [3.63, 3.8) is 0 Å². The molecule has 0 bridgehead atoms. The van der Waals surface area contributed by atoms with E-state index in [1.165, 1.54) is 0 Å². The van der Waals surface area contributed by atoms with Gasteiger partial charge in [-0.25, -0.2) is 4.79 Å². The molecular weight excluding hydrogens is 272 g/mol. The zero-order valence-corrected chi connectivity index (χ0v) is 11.8. The Labute approximate surface area is 123 Å². The van der Waals surface area contributed by atoms with E-state index in [1.807, 2.05) is 30.3 Å². The third-order valence-corrected chi connectivity index (χ3v) is 3.42. The minimum absolute atomic E-state index is 0.0554. The summed E-state index contributed by atoms with van der Waals surface area (Å²) in [7, 11) is 0. The molecule has 6 nitrogen and oxygen atoms in total. The van der Waals surface area contributed by atoms with Gasteiger partial charge in [0.1, 0.15) is 5.75 Å². The molecule has 21 heavy (non-hydrogen) atoms. The second-order valence-electron chi connectivity index (χ2n) is 5.10. The second kappa shape index (κ2) is 7.52. The van der Waals surface area contributed by atoms with Crippen LogP contribution < -0.4 is 10.1 Å². The fraction of sp³-hybridized carbons (Fsp3) is 0.467. The van der Waals surface area contributed by atoms with Gasteiger partial charge in [0.15, 0.2) is 0 Å². The van der Waals surface area contributed by atoms with Crippen molar-refractivity contribution >= 4 is 12.0 Å². The van der Waals surface area contributed by atoms with Crippen LogP contribution in [0.25, 0.3) is 0 Å².